The highest BCUT2D eigenvalue weighted by molar-refractivity contribution is 7.99. The van der Waals surface area contributed by atoms with Crippen molar-refractivity contribution in [3.8, 4) is 0 Å². The van der Waals surface area contributed by atoms with Crippen LogP contribution in [0.3, 0.4) is 0 Å². The maximum atomic E-state index is 12.8. The average molecular weight is 220 g/mol. The zero-order chi connectivity index (χ0) is 10.7. The maximum Gasteiger partial charge on any atom is 0.217 e. The Morgan fingerprint density at radius 1 is 1.13 bits per heavy atom. The van der Waals surface area contributed by atoms with Crippen molar-refractivity contribution in [2.24, 2.45) is 0 Å². The van der Waals surface area contributed by atoms with Gasteiger partial charge in [-0.3, -0.25) is 0 Å². The van der Waals surface area contributed by atoms with Gasteiger partial charge in [-0.05, 0) is 19.1 Å². The summed E-state index contributed by atoms with van der Waals surface area (Å²) in [5.74, 6) is -0.500. The van der Waals surface area contributed by atoms with Gasteiger partial charge >= 0.3 is 0 Å². The quantitative estimate of drug-likeness (QED) is 0.727. The van der Waals surface area contributed by atoms with Crippen LogP contribution in [0.1, 0.15) is 5.56 Å². The minimum Gasteiger partial charge on any atom is -0.229 e. The first-order valence-electron chi connectivity index (χ1n) is 4.46. The molecule has 0 saturated carbocycles. The number of rotatable bonds is 2. The molecule has 1 aromatic heterocycles. The lowest BCUT2D eigenvalue weighted by Gasteiger charge is -2.00. The molecular weight excluding hydrogens is 211 g/mol. The van der Waals surface area contributed by atoms with Crippen molar-refractivity contribution in [3.05, 3.63) is 48.2 Å². The van der Waals surface area contributed by atoms with Crippen LogP contribution in [-0.4, -0.2) is 9.97 Å². The largest absolute Gasteiger partial charge is 0.229 e. The lowest BCUT2D eigenvalue weighted by atomic mass is 10.2. The topological polar surface area (TPSA) is 25.8 Å². The molecule has 0 bridgehead atoms. The fraction of sp³-hybridized carbons (Fsp3) is 0.0909. The van der Waals surface area contributed by atoms with Gasteiger partial charge in [-0.2, -0.15) is 4.39 Å². The molecule has 1 aromatic carbocycles. The SMILES string of the molecule is Cc1ccc(Sc2cc(F)ncn2)cc1. The molecule has 2 nitrogen and oxygen atoms in total. The molecule has 0 radical (unpaired) electrons. The van der Waals surface area contributed by atoms with E-state index in [1.807, 2.05) is 31.2 Å². The molecule has 0 aliphatic carbocycles. The smallest absolute Gasteiger partial charge is 0.217 e. The number of aromatic nitrogens is 2. The molecule has 0 fully saturated rings. The van der Waals surface area contributed by atoms with Crippen LogP contribution in [0.4, 0.5) is 4.39 Å². The first-order chi connectivity index (χ1) is 7.24. The highest BCUT2D eigenvalue weighted by atomic mass is 32.2. The number of nitrogens with zero attached hydrogens (tertiary/aromatic N) is 2. The summed E-state index contributed by atoms with van der Waals surface area (Å²) in [4.78, 5) is 8.41. The van der Waals surface area contributed by atoms with Crippen molar-refractivity contribution in [2.75, 3.05) is 0 Å². The molecule has 0 amide bonds. The molecule has 2 aromatic rings. The molecule has 4 heteroatoms. The number of hydrogen-bond donors (Lipinski definition) is 0. The molecule has 0 saturated heterocycles. The summed E-state index contributed by atoms with van der Waals surface area (Å²) in [7, 11) is 0. The van der Waals surface area contributed by atoms with Gasteiger partial charge in [0.25, 0.3) is 0 Å². The van der Waals surface area contributed by atoms with Gasteiger partial charge in [0.1, 0.15) is 11.4 Å². The van der Waals surface area contributed by atoms with E-state index in [0.717, 1.165) is 4.90 Å². The van der Waals surface area contributed by atoms with Gasteiger partial charge in [0.05, 0.1) is 0 Å². The first kappa shape index (κ1) is 10.1. The minimum atomic E-state index is -0.500. The molecular formula is C11H9FN2S. The summed E-state index contributed by atoms with van der Waals surface area (Å²) in [6, 6.07) is 9.32. The number of benzene rings is 1. The summed E-state index contributed by atoms with van der Waals surface area (Å²) in [6.07, 6.45) is 1.23. The van der Waals surface area contributed by atoms with Crippen LogP contribution in [0.15, 0.2) is 46.6 Å². The normalized spacial score (nSPS) is 10.3. The lowest BCUT2D eigenvalue weighted by molar-refractivity contribution is 0.572. The van der Waals surface area contributed by atoms with Crippen LogP contribution in [0.2, 0.25) is 0 Å². The van der Waals surface area contributed by atoms with E-state index in [1.54, 1.807) is 0 Å². The van der Waals surface area contributed by atoms with Gasteiger partial charge < -0.3 is 0 Å². The summed E-state index contributed by atoms with van der Waals surface area (Å²) in [6.45, 7) is 2.03. The van der Waals surface area contributed by atoms with Crippen molar-refractivity contribution >= 4 is 11.8 Å². The second-order valence-corrected chi connectivity index (χ2v) is 4.19. The van der Waals surface area contributed by atoms with Crippen molar-refractivity contribution in [2.45, 2.75) is 16.8 Å². The Balaban J connectivity index is 2.18. The average Bonchev–Trinajstić information content (AvgIpc) is 2.22. The predicted octanol–water partition coefficient (Wildman–Crippen LogP) is 3.08. The Labute approximate surface area is 91.6 Å². The third-order valence-corrected chi connectivity index (χ3v) is 2.79. The highest BCUT2D eigenvalue weighted by Gasteiger charge is 2.00. The summed E-state index contributed by atoms with van der Waals surface area (Å²) in [5, 5.41) is 0.617. The molecule has 0 atom stereocenters. The van der Waals surface area contributed by atoms with E-state index in [2.05, 4.69) is 9.97 Å². The fourth-order valence-electron chi connectivity index (χ4n) is 1.10. The Hall–Kier alpha value is -1.42. The molecule has 0 aliphatic rings. The van der Waals surface area contributed by atoms with Crippen molar-refractivity contribution < 1.29 is 4.39 Å². The van der Waals surface area contributed by atoms with E-state index < -0.39 is 5.95 Å². The maximum absolute atomic E-state index is 12.8. The van der Waals surface area contributed by atoms with E-state index in [9.17, 15) is 4.39 Å². The Kier molecular flexibility index (Phi) is 2.97. The molecule has 0 unspecified atom stereocenters. The van der Waals surface area contributed by atoms with E-state index in [4.69, 9.17) is 0 Å². The van der Waals surface area contributed by atoms with Crippen LogP contribution in [0.5, 0.6) is 0 Å². The van der Waals surface area contributed by atoms with Gasteiger partial charge in [0.2, 0.25) is 5.95 Å². The van der Waals surface area contributed by atoms with Crippen LogP contribution in [0, 0.1) is 12.9 Å². The summed E-state index contributed by atoms with van der Waals surface area (Å²) >= 11 is 1.42. The zero-order valence-corrected chi connectivity index (χ0v) is 8.96. The van der Waals surface area contributed by atoms with Crippen molar-refractivity contribution in [1.29, 1.82) is 0 Å². The molecule has 0 aliphatic heterocycles. The van der Waals surface area contributed by atoms with Crippen LogP contribution >= 0.6 is 11.8 Å². The molecule has 0 spiro atoms. The van der Waals surface area contributed by atoms with Crippen molar-refractivity contribution in [1.82, 2.24) is 9.97 Å². The van der Waals surface area contributed by atoms with Gasteiger partial charge in [-0.1, -0.05) is 29.5 Å². The second-order valence-electron chi connectivity index (χ2n) is 3.09. The van der Waals surface area contributed by atoms with E-state index in [1.165, 1.54) is 29.7 Å². The van der Waals surface area contributed by atoms with Gasteiger partial charge in [-0.15, -0.1) is 0 Å². The van der Waals surface area contributed by atoms with Gasteiger partial charge in [0.15, 0.2) is 0 Å². The zero-order valence-electron chi connectivity index (χ0n) is 8.14. The minimum absolute atomic E-state index is 0.500. The Bertz CT molecular complexity index is 456. The summed E-state index contributed by atoms with van der Waals surface area (Å²) < 4.78 is 12.8. The monoisotopic (exact) mass is 220 g/mol. The third kappa shape index (κ3) is 2.76. The van der Waals surface area contributed by atoms with Crippen LogP contribution < -0.4 is 0 Å². The molecule has 1 heterocycles. The number of halogens is 1. The number of hydrogen-bond acceptors (Lipinski definition) is 3. The molecule has 0 N–H and O–H groups in total. The van der Waals surface area contributed by atoms with Gasteiger partial charge in [-0.25, -0.2) is 9.97 Å². The fourth-order valence-corrected chi connectivity index (χ4v) is 1.87. The van der Waals surface area contributed by atoms with E-state index in [0.29, 0.717) is 5.03 Å². The molecule has 15 heavy (non-hydrogen) atoms. The van der Waals surface area contributed by atoms with E-state index >= 15 is 0 Å². The van der Waals surface area contributed by atoms with Gasteiger partial charge in [0, 0.05) is 11.0 Å². The third-order valence-electron chi connectivity index (χ3n) is 1.85. The standard InChI is InChI=1S/C11H9FN2S/c1-8-2-4-9(5-3-8)15-11-6-10(12)13-7-14-11/h2-7H,1H3. The predicted molar refractivity (Wildman–Crippen MR) is 57.3 cm³/mol. The first-order valence-corrected chi connectivity index (χ1v) is 5.28. The highest BCUT2D eigenvalue weighted by Crippen LogP contribution is 2.25. The molecule has 2 rings (SSSR count). The number of aryl methyl sites for hydroxylation is 1. The van der Waals surface area contributed by atoms with Crippen molar-refractivity contribution in [3.63, 3.8) is 0 Å². The lowest BCUT2D eigenvalue weighted by Crippen LogP contribution is -1.86. The van der Waals surface area contributed by atoms with Crippen LogP contribution in [0.25, 0.3) is 0 Å². The Morgan fingerprint density at radius 3 is 2.53 bits per heavy atom. The second kappa shape index (κ2) is 4.40. The summed E-state index contributed by atoms with van der Waals surface area (Å²) in [5.41, 5.74) is 1.20. The van der Waals surface area contributed by atoms with Crippen LogP contribution in [-0.2, 0) is 0 Å². The molecule has 76 valence electrons. The Morgan fingerprint density at radius 2 is 1.87 bits per heavy atom. The van der Waals surface area contributed by atoms with E-state index in [-0.39, 0.29) is 0 Å².